The summed E-state index contributed by atoms with van der Waals surface area (Å²) in [6, 6.07) is 3.12. The Hall–Kier alpha value is -1.43. The van der Waals surface area contributed by atoms with E-state index in [-0.39, 0.29) is 12.3 Å². The molecule has 0 spiro atoms. The second kappa shape index (κ2) is 5.69. The van der Waals surface area contributed by atoms with E-state index >= 15 is 0 Å². The zero-order valence-electron chi connectivity index (χ0n) is 10.5. The molecule has 0 aromatic carbocycles. The predicted octanol–water partition coefficient (Wildman–Crippen LogP) is 2.23. The Morgan fingerprint density at radius 3 is 2.84 bits per heavy atom. The van der Waals surface area contributed by atoms with E-state index in [0.717, 1.165) is 10.9 Å². The van der Waals surface area contributed by atoms with Crippen molar-refractivity contribution in [2.45, 2.75) is 25.8 Å². The molecule has 1 aromatic rings. The summed E-state index contributed by atoms with van der Waals surface area (Å²) in [4.78, 5) is 29.2. The van der Waals surface area contributed by atoms with Crippen molar-refractivity contribution in [2.24, 2.45) is 5.92 Å². The molecule has 5 nitrogen and oxygen atoms in total. The average Bonchev–Trinajstić information content (AvgIpc) is 2.69. The van der Waals surface area contributed by atoms with Crippen LogP contribution in [-0.2, 0) is 9.59 Å². The van der Waals surface area contributed by atoms with Crippen molar-refractivity contribution in [3.63, 3.8) is 0 Å². The molecule has 102 valence electrons. The molecule has 1 aliphatic rings. The Morgan fingerprint density at radius 1 is 1.58 bits per heavy atom. The summed E-state index contributed by atoms with van der Waals surface area (Å²) < 4.78 is 0.828. The normalized spacial score (nSPS) is 22.8. The molecule has 2 rings (SSSR count). The number of carbonyl (C=O) groups is 2. The fraction of sp³-hybridized carbons (Fsp3) is 0.462. The Labute approximate surface area is 119 Å². The zero-order valence-corrected chi connectivity index (χ0v) is 12.1. The molecule has 6 heteroatoms. The van der Waals surface area contributed by atoms with Gasteiger partial charge < -0.3 is 10.0 Å². The molecule has 1 aliphatic heterocycles. The first-order chi connectivity index (χ1) is 9.04. The molecule has 0 bridgehead atoms. The quantitative estimate of drug-likeness (QED) is 0.921. The molecule has 0 aliphatic carbocycles. The van der Waals surface area contributed by atoms with Gasteiger partial charge in [-0.05, 0) is 34.5 Å². The van der Waals surface area contributed by atoms with Crippen molar-refractivity contribution < 1.29 is 14.7 Å². The van der Waals surface area contributed by atoms with E-state index in [2.05, 4.69) is 20.9 Å². The number of rotatable bonds is 4. The number of hydrogen-bond donors (Lipinski definition) is 1. The number of nitrogens with zero attached hydrogens (tertiary/aromatic N) is 2. The van der Waals surface area contributed by atoms with E-state index in [1.54, 1.807) is 17.2 Å². The van der Waals surface area contributed by atoms with E-state index in [0.29, 0.717) is 12.2 Å². The molecule has 1 fully saturated rings. The summed E-state index contributed by atoms with van der Waals surface area (Å²) in [7, 11) is 0. The van der Waals surface area contributed by atoms with Gasteiger partial charge in [0.25, 0.3) is 0 Å². The summed E-state index contributed by atoms with van der Waals surface area (Å²) in [5.74, 6) is -1.77. The van der Waals surface area contributed by atoms with Crippen LogP contribution in [0.25, 0.3) is 0 Å². The lowest BCUT2D eigenvalue weighted by Crippen LogP contribution is -2.31. The van der Waals surface area contributed by atoms with Gasteiger partial charge in [-0.3, -0.25) is 14.6 Å². The third-order valence-electron chi connectivity index (χ3n) is 3.27. The number of hydrogen-bond acceptors (Lipinski definition) is 3. The Balaban J connectivity index is 2.37. The van der Waals surface area contributed by atoms with Crippen LogP contribution in [0.4, 0.5) is 0 Å². The van der Waals surface area contributed by atoms with E-state index < -0.39 is 17.9 Å². The second-order valence-electron chi connectivity index (χ2n) is 4.58. The molecule has 1 amide bonds. The molecule has 2 unspecified atom stereocenters. The molecule has 1 aromatic heterocycles. The van der Waals surface area contributed by atoms with Gasteiger partial charge in [0.2, 0.25) is 5.91 Å². The number of pyridine rings is 1. The van der Waals surface area contributed by atoms with Crippen LogP contribution < -0.4 is 0 Å². The number of carbonyl (C=O) groups excluding carboxylic acids is 1. The lowest BCUT2D eigenvalue weighted by atomic mass is 9.97. The van der Waals surface area contributed by atoms with Crippen LogP contribution in [0.1, 0.15) is 31.5 Å². The van der Waals surface area contributed by atoms with Gasteiger partial charge in [-0.15, -0.1) is 0 Å². The molecule has 1 N–H and O–H groups in total. The van der Waals surface area contributed by atoms with Gasteiger partial charge in [-0.25, -0.2) is 0 Å². The molecular weight excluding hydrogens is 312 g/mol. The highest BCUT2D eigenvalue weighted by atomic mass is 79.9. The van der Waals surface area contributed by atoms with E-state index in [1.165, 1.54) is 0 Å². The van der Waals surface area contributed by atoms with Gasteiger partial charge in [0, 0.05) is 23.6 Å². The largest absolute Gasteiger partial charge is 0.481 e. The first-order valence-electron chi connectivity index (χ1n) is 6.18. The van der Waals surface area contributed by atoms with Crippen molar-refractivity contribution in [2.75, 3.05) is 6.54 Å². The first kappa shape index (κ1) is 14.0. The Morgan fingerprint density at radius 2 is 2.32 bits per heavy atom. The lowest BCUT2D eigenvalue weighted by Gasteiger charge is -2.26. The minimum Gasteiger partial charge on any atom is -0.481 e. The van der Waals surface area contributed by atoms with E-state index in [1.807, 2.05) is 13.0 Å². The molecule has 0 radical (unpaired) electrons. The lowest BCUT2D eigenvalue weighted by molar-refractivity contribution is -0.142. The fourth-order valence-corrected chi connectivity index (χ4v) is 2.68. The highest BCUT2D eigenvalue weighted by molar-refractivity contribution is 9.10. The van der Waals surface area contributed by atoms with Crippen LogP contribution in [0.15, 0.2) is 22.8 Å². The standard InChI is InChI=1S/C13H15BrN2O3/c1-2-5-16-11(17)6-9(13(18)19)12(16)10-4-3-8(14)7-15-10/h3-4,7,9,12H,2,5-6H2,1H3,(H,18,19). The van der Waals surface area contributed by atoms with Crippen LogP contribution in [0, 0.1) is 5.92 Å². The SMILES string of the molecule is CCCN1C(=O)CC(C(=O)O)C1c1ccc(Br)cn1. The Kier molecular flexibility index (Phi) is 4.19. The van der Waals surface area contributed by atoms with E-state index in [9.17, 15) is 14.7 Å². The Bertz CT molecular complexity index is 489. The van der Waals surface area contributed by atoms with Gasteiger partial charge in [0.05, 0.1) is 17.7 Å². The maximum Gasteiger partial charge on any atom is 0.309 e. The van der Waals surface area contributed by atoms with Crippen molar-refractivity contribution >= 4 is 27.8 Å². The number of halogens is 1. The molecule has 0 saturated carbocycles. The monoisotopic (exact) mass is 326 g/mol. The van der Waals surface area contributed by atoms with Crippen molar-refractivity contribution in [1.82, 2.24) is 9.88 Å². The summed E-state index contributed by atoms with van der Waals surface area (Å²) in [5, 5.41) is 9.29. The van der Waals surface area contributed by atoms with Gasteiger partial charge >= 0.3 is 5.97 Å². The van der Waals surface area contributed by atoms with Crippen LogP contribution in [0.3, 0.4) is 0 Å². The second-order valence-corrected chi connectivity index (χ2v) is 5.50. The summed E-state index contributed by atoms with van der Waals surface area (Å²) in [6.45, 7) is 2.53. The molecular formula is C13H15BrN2O3. The molecule has 19 heavy (non-hydrogen) atoms. The van der Waals surface area contributed by atoms with Crippen LogP contribution in [-0.4, -0.2) is 33.4 Å². The van der Waals surface area contributed by atoms with Gasteiger partial charge in [-0.2, -0.15) is 0 Å². The van der Waals surface area contributed by atoms with Gasteiger partial charge in [0.1, 0.15) is 0 Å². The van der Waals surface area contributed by atoms with Crippen LogP contribution >= 0.6 is 15.9 Å². The summed E-state index contributed by atoms with van der Waals surface area (Å²) >= 11 is 3.30. The number of likely N-dealkylation sites (tertiary alicyclic amines) is 1. The van der Waals surface area contributed by atoms with E-state index in [4.69, 9.17) is 0 Å². The van der Waals surface area contributed by atoms with Crippen molar-refractivity contribution in [3.05, 3.63) is 28.5 Å². The molecule has 2 heterocycles. The highest BCUT2D eigenvalue weighted by Gasteiger charge is 2.44. The number of carboxylic acids is 1. The van der Waals surface area contributed by atoms with Crippen LogP contribution in [0.2, 0.25) is 0 Å². The van der Waals surface area contributed by atoms with Crippen LogP contribution in [0.5, 0.6) is 0 Å². The van der Waals surface area contributed by atoms with Gasteiger partial charge in [-0.1, -0.05) is 6.92 Å². The summed E-state index contributed by atoms with van der Waals surface area (Å²) in [5.41, 5.74) is 0.634. The highest BCUT2D eigenvalue weighted by Crippen LogP contribution is 2.37. The molecule has 2 atom stereocenters. The van der Waals surface area contributed by atoms with Crippen molar-refractivity contribution in [1.29, 1.82) is 0 Å². The minimum atomic E-state index is -0.943. The molecule has 1 saturated heterocycles. The maximum absolute atomic E-state index is 12.0. The van der Waals surface area contributed by atoms with Gasteiger partial charge in [0.15, 0.2) is 0 Å². The number of aromatic nitrogens is 1. The smallest absolute Gasteiger partial charge is 0.309 e. The van der Waals surface area contributed by atoms with Crippen molar-refractivity contribution in [3.8, 4) is 0 Å². The maximum atomic E-state index is 12.0. The summed E-state index contributed by atoms with van der Waals surface area (Å²) in [6.07, 6.45) is 2.48. The zero-order chi connectivity index (χ0) is 14.0. The first-order valence-corrected chi connectivity index (χ1v) is 6.97. The predicted molar refractivity (Wildman–Crippen MR) is 72.4 cm³/mol. The number of aliphatic carboxylic acids is 1. The number of amides is 1. The topological polar surface area (TPSA) is 70.5 Å². The fourth-order valence-electron chi connectivity index (χ4n) is 2.44. The third-order valence-corrected chi connectivity index (χ3v) is 3.74. The average molecular weight is 327 g/mol. The minimum absolute atomic E-state index is 0.0533. The number of carboxylic acid groups (broad SMARTS) is 1. The third kappa shape index (κ3) is 2.78.